The number of urea groups is 1. The molecule has 2 aliphatic heterocycles. The maximum absolute atomic E-state index is 11.3. The molecule has 2 heterocycles. The van der Waals surface area contributed by atoms with E-state index in [-0.39, 0.29) is 6.03 Å². The van der Waals surface area contributed by atoms with Gasteiger partial charge >= 0.3 is 6.03 Å². The summed E-state index contributed by atoms with van der Waals surface area (Å²) >= 11 is 0. The van der Waals surface area contributed by atoms with E-state index in [9.17, 15) is 9.59 Å². The predicted octanol–water partition coefficient (Wildman–Crippen LogP) is 2.11. The minimum Gasteiger partial charge on any atom is -0.492 e. The monoisotopic (exact) mass is 424 g/mol. The lowest BCUT2D eigenvalue weighted by Gasteiger charge is -2.20. The molecule has 9 nitrogen and oxygen atoms in total. The number of amides is 3. The molecule has 2 aliphatic rings. The van der Waals surface area contributed by atoms with E-state index in [1.54, 1.807) is 7.11 Å². The Morgan fingerprint density at radius 1 is 1.23 bits per heavy atom. The van der Waals surface area contributed by atoms with Gasteiger partial charge < -0.3 is 15.4 Å². The molecule has 0 saturated carbocycles. The maximum atomic E-state index is 11.3. The van der Waals surface area contributed by atoms with Gasteiger partial charge in [0.1, 0.15) is 12.4 Å². The van der Waals surface area contributed by atoms with E-state index in [4.69, 9.17) is 20.1 Å². The average Bonchev–Trinajstić information content (AvgIpc) is 3.01. The molecular weight excluding hydrogens is 388 g/mol. The standard InChI is InChI=1S/C12H18N2O3.C7H12N2O2.C2H6/c13-7-9-16-12-5-3-11(4-6-12)2-1-8-17-14-10-15;1-11-9-6-3-2-4-8(5-6)7(9)10;1-2/h3-6,10H,1-2,7-9,13H2,(H,14,15);6H,2-5H2,1H3;1-2H3. The van der Waals surface area contributed by atoms with Crippen LogP contribution in [0.5, 0.6) is 5.75 Å². The van der Waals surface area contributed by atoms with Crippen LogP contribution in [0.4, 0.5) is 4.79 Å². The van der Waals surface area contributed by atoms with Gasteiger partial charge in [-0.1, -0.05) is 26.0 Å². The Labute approximate surface area is 179 Å². The van der Waals surface area contributed by atoms with Gasteiger partial charge in [0.05, 0.1) is 19.8 Å². The number of carbonyl (C=O) groups is 2. The van der Waals surface area contributed by atoms with Crippen molar-refractivity contribution in [3.8, 4) is 5.75 Å². The second-order valence-electron chi connectivity index (χ2n) is 6.50. The van der Waals surface area contributed by atoms with Gasteiger partial charge in [0.25, 0.3) is 0 Å². The van der Waals surface area contributed by atoms with Crippen LogP contribution in [-0.2, 0) is 20.9 Å². The van der Waals surface area contributed by atoms with Crippen molar-refractivity contribution in [1.29, 1.82) is 0 Å². The molecule has 30 heavy (non-hydrogen) atoms. The minimum absolute atomic E-state index is 0.0370. The van der Waals surface area contributed by atoms with Crippen LogP contribution in [0.1, 0.15) is 38.7 Å². The quantitative estimate of drug-likeness (QED) is 0.338. The molecule has 0 aromatic heterocycles. The number of nitrogens with two attached hydrogens (primary N) is 1. The number of nitrogens with one attached hydrogen (secondary N) is 1. The molecule has 9 heteroatoms. The molecule has 2 saturated heterocycles. The van der Waals surface area contributed by atoms with E-state index in [2.05, 4.69) is 5.48 Å². The molecule has 1 aromatic carbocycles. The lowest BCUT2D eigenvalue weighted by Crippen LogP contribution is -2.31. The van der Waals surface area contributed by atoms with Crippen molar-refractivity contribution in [2.45, 2.75) is 45.6 Å². The van der Waals surface area contributed by atoms with E-state index in [0.29, 0.717) is 32.2 Å². The summed E-state index contributed by atoms with van der Waals surface area (Å²) in [6.45, 7) is 7.30. The van der Waals surface area contributed by atoms with Crippen molar-refractivity contribution >= 4 is 12.4 Å². The first-order chi connectivity index (χ1) is 14.7. The zero-order valence-corrected chi connectivity index (χ0v) is 18.3. The number of rotatable bonds is 10. The lowest BCUT2D eigenvalue weighted by atomic mass is 10.1. The van der Waals surface area contributed by atoms with Gasteiger partial charge in [0.15, 0.2) is 0 Å². The topological polar surface area (TPSA) is 106 Å². The molecule has 0 radical (unpaired) electrons. The smallest absolute Gasteiger partial charge is 0.344 e. The largest absolute Gasteiger partial charge is 0.492 e. The van der Waals surface area contributed by atoms with Crippen LogP contribution in [0.15, 0.2) is 24.3 Å². The average molecular weight is 425 g/mol. The van der Waals surface area contributed by atoms with Crippen molar-refractivity contribution in [3.63, 3.8) is 0 Å². The van der Waals surface area contributed by atoms with Crippen LogP contribution >= 0.6 is 0 Å². The van der Waals surface area contributed by atoms with E-state index < -0.39 is 0 Å². The first-order valence-corrected chi connectivity index (χ1v) is 10.5. The minimum atomic E-state index is 0.0370. The first-order valence-electron chi connectivity index (χ1n) is 10.5. The number of benzene rings is 1. The van der Waals surface area contributed by atoms with Crippen LogP contribution in [-0.4, -0.2) is 68.4 Å². The molecule has 170 valence electrons. The molecule has 0 spiro atoms. The predicted molar refractivity (Wildman–Crippen MR) is 115 cm³/mol. The SMILES string of the molecule is CC.CON1C(=O)N2CCCC1C2.NCCOc1ccc(CCCONC=O)cc1. The van der Waals surface area contributed by atoms with Gasteiger partial charge in [-0.15, -0.1) is 0 Å². The van der Waals surface area contributed by atoms with Gasteiger partial charge in [-0.05, 0) is 43.4 Å². The van der Waals surface area contributed by atoms with Crippen molar-refractivity contribution in [2.24, 2.45) is 5.73 Å². The second-order valence-corrected chi connectivity index (χ2v) is 6.50. The molecule has 1 aromatic rings. The van der Waals surface area contributed by atoms with Gasteiger partial charge in [0.2, 0.25) is 6.41 Å². The van der Waals surface area contributed by atoms with Crippen LogP contribution in [0.2, 0.25) is 0 Å². The zero-order valence-electron chi connectivity index (χ0n) is 18.3. The van der Waals surface area contributed by atoms with Gasteiger partial charge in [-0.3, -0.25) is 14.5 Å². The Hall–Kier alpha value is -2.36. The third kappa shape index (κ3) is 8.56. The summed E-state index contributed by atoms with van der Waals surface area (Å²) < 4.78 is 5.37. The van der Waals surface area contributed by atoms with Crippen LogP contribution in [0, 0.1) is 0 Å². The number of hydroxylamine groups is 3. The Morgan fingerprint density at radius 2 is 1.97 bits per heavy atom. The van der Waals surface area contributed by atoms with Gasteiger partial charge in [-0.2, -0.15) is 5.06 Å². The second kappa shape index (κ2) is 15.5. The summed E-state index contributed by atoms with van der Waals surface area (Å²) in [5.74, 6) is 0.832. The number of piperidine rings is 1. The van der Waals surface area contributed by atoms with Crippen LogP contribution in [0.25, 0.3) is 0 Å². The molecule has 1 unspecified atom stereocenters. The molecular formula is C21H36N4O5. The summed E-state index contributed by atoms with van der Waals surface area (Å²) in [7, 11) is 1.56. The fraction of sp³-hybridized carbons (Fsp3) is 0.619. The van der Waals surface area contributed by atoms with Crippen LogP contribution in [0.3, 0.4) is 0 Å². The normalized spacial score (nSPS) is 16.8. The molecule has 1 atom stereocenters. The fourth-order valence-corrected chi connectivity index (χ4v) is 3.21. The molecule has 2 fully saturated rings. The Kier molecular flexibility index (Phi) is 13.2. The Balaban J connectivity index is 0.000000296. The maximum Gasteiger partial charge on any atom is 0.344 e. The number of carbonyl (C=O) groups excluding carboxylic acids is 2. The highest BCUT2D eigenvalue weighted by Crippen LogP contribution is 2.24. The van der Waals surface area contributed by atoms with Crippen molar-refractivity contribution in [2.75, 3.05) is 40.0 Å². The van der Waals surface area contributed by atoms with E-state index in [1.807, 2.05) is 43.0 Å². The van der Waals surface area contributed by atoms with Crippen molar-refractivity contribution in [1.82, 2.24) is 15.4 Å². The number of nitrogens with zero attached hydrogens (tertiary/aromatic N) is 2. The van der Waals surface area contributed by atoms with E-state index in [0.717, 1.165) is 44.5 Å². The Morgan fingerprint density at radius 3 is 2.57 bits per heavy atom. The number of hydrogen-bond donors (Lipinski definition) is 2. The number of ether oxygens (including phenoxy) is 1. The molecule has 2 bridgehead atoms. The highest BCUT2D eigenvalue weighted by Gasteiger charge is 2.40. The summed E-state index contributed by atoms with van der Waals surface area (Å²) in [4.78, 5) is 32.9. The summed E-state index contributed by atoms with van der Waals surface area (Å²) in [6, 6.07) is 8.22. The van der Waals surface area contributed by atoms with Gasteiger partial charge in [0, 0.05) is 19.6 Å². The van der Waals surface area contributed by atoms with Gasteiger partial charge in [-0.25, -0.2) is 10.3 Å². The summed E-state index contributed by atoms with van der Waals surface area (Å²) in [5, 5.41) is 1.49. The Bertz CT molecular complexity index is 600. The summed E-state index contributed by atoms with van der Waals surface area (Å²) in [6.07, 6.45) is 4.46. The molecule has 3 amide bonds. The third-order valence-corrected chi connectivity index (χ3v) is 4.54. The van der Waals surface area contributed by atoms with Crippen molar-refractivity contribution < 1.29 is 24.0 Å². The number of hydrogen-bond acceptors (Lipinski definition) is 6. The molecule has 3 rings (SSSR count). The third-order valence-electron chi connectivity index (χ3n) is 4.54. The van der Waals surface area contributed by atoms with Crippen LogP contribution < -0.4 is 16.0 Å². The highest BCUT2D eigenvalue weighted by atomic mass is 16.7. The van der Waals surface area contributed by atoms with E-state index in [1.165, 1.54) is 10.6 Å². The zero-order chi connectivity index (χ0) is 22.2. The lowest BCUT2D eigenvalue weighted by molar-refractivity contribution is -0.120. The van der Waals surface area contributed by atoms with Crippen molar-refractivity contribution in [3.05, 3.63) is 29.8 Å². The number of aryl methyl sites for hydroxylation is 1. The molecule has 0 aliphatic carbocycles. The summed E-state index contributed by atoms with van der Waals surface area (Å²) in [5.41, 5.74) is 8.70. The first kappa shape index (κ1) is 25.7. The van der Waals surface area contributed by atoms with E-state index >= 15 is 0 Å². The number of fused-ring (bicyclic) bond motifs is 2. The fourth-order valence-electron chi connectivity index (χ4n) is 3.21. The molecule has 3 N–H and O–H groups in total. The highest BCUT2D eigenvalue weighted by molar-refractivity contribution is 5.76.